The van der Waals surface area contributed by atoms with Gasteiger partial charge in [0.25, 0.3) is 0 Å². The molecule has 0 aliphatic heterocycles. The van der Waals surface area contributed by atoms with Gasteiger partial charge in [-0.3, -0.25) is 0 Å². The van der Waals surface area contributed by atoms with Gasteiger partial charge in [0.05, 0.1) is 0 Å². The Morgan fingerprint density at radius 2 is 0.690 bits per heavy atom. The van der Waals surface area contributed by atoms with Crippen molar-refractivity contribution in [2.24, 2.45) is 0 Å². The molecular formula is C35H61Cl4PRu2. The Morgan fingerprint density at radius 1 is 0.500 bits per heavy atom. The summed E-state index contributed by atoms with van der Waals surface area (Å²) in [7, 11) is 19.8. The van der Waals surface area contributed by atoms with E-state index < -0.39 is 0 Å². The van der Waals surface area contributed by atoms with Crippen molar-refractivity contribution >= 4 is 46.7 Å². The maximum atomic E-state index is 4.85. The van der Waals surface area contributed by atoms with Gasteiger partial charge < -0.3 is 0 Å². The number of hydrogen-bond acceptors (Lipinski definition) is 0. The molecule has 0 atom stereocenters. The molecule has 250 valence electrons. The summed E-state index contributed by atoms with van der Waals surface area (Å²) in [5, 5.41) is 0. The van der Waals surface area contributed by atoms with E-state index in [0.29, 0.717) is 25.7 Å². The molecular weight excluding hydrogens is 795 g/mol. The predicted octanol–water partition coefficient (Wildman–Crippen LogP) is 14.9. The van der Waals surface area contributed by atoms with Crippen molar-refractivity contribution in [3.8, 4) is 0 Å². The Labute approximate surface area is 295 Å². The fraction of sp³-hybridized carbons (Fsp3) is 0.771. The van der Waals surface area contributed by atoms with Crippen LogP contribution in [0, 0.1) is 13.8 Å². The molecule has 1 aromatic carbocycles. The molecule has 0 unspecified atom stereocenters. The minimum absolute atomic E-state index is 0.346. The van der Waals surface area contributed by atoms with Crippen LogP contribution in [0.1, 0.15) is 172 Å². The molecule has 0 heterocycles. The van der Waals surface area contributed by atoms with Gasteiger partial charge in [-0.1, -0.05) is 139 Å². The zero-order chi connectivity index (χ0) is 31.9. The Hall–Kier alpha value is 2.06. The van der Waals surface area contributed by atoms with Crippen LogP contribution in [-0.4, -0.2) is 17.0 Å². The molecule has 0 saturated heterocycles. The average molecular weight is 857 g/mol. The second kappa shape index (κ2) is 28.1. The van der Waals surface area contributed by atoms with Crippen LogP contribution in [0.15, 0.2) is 18.2 Å². The van der Waals surface area contributed by atoms with Crippen LogP contribution < -0.4 is 0 Å². The molecule has 3 aliphatic carbocycles. The first-order valence-corrected chi connectivity index (χ1v) is 26.8. The molecule has 4 rings (SSSR count). The third-order valence-corrected chi connectivity index (χ3v) is 13.1. The monoisotopic (exact) mass is 856 g/mol. The van der Waals surface area contributed by atoms with Crippen LogP contribution in [0.3, 0.4) is 0 Å². The van der Waals surface area contributed by atoms with E-state index in [1.807, 2.05) is 0 Å². The zero-order valence-electron chi connectivity index (χ0n) is 27.4. The van der Waals surface area contributed by atoms with Gasteiger partial charge in [0.2, 0.25) is 0 Å². The van der Waals surface area contributed by atoms with Gasteiger partial charge in [0, 0.05) is 0 Å². The van der Waals surface area contributed by atoms with Crippen LogP contribution in [0.5, 0.6) is 0 Å². The number of hydrogen-bond donors (Lipinski definition) is 0. The Balaban J connectivity index is 0.000000654. The van der Waals surface area contributed by atoms with Gasteiger partial charge >= 0.3 is 69.1 Å². The molecule has 0 spiro atoms. The van der Waals surface area contributed by atoms with E-state index in [4.69, 9.17) is 38.8 Å². The second-order valence-corrected chi connectivity index (χ2v) is 21.2. The summed E-state index contributed by atoms with van der Waals surface area (Å²) in [4.78, 5) is 0. The molecule has 2 radical (unpaired) electrons. The van der Waals surface area contributed by atoms with Gasteiger partial charge in [-0.15, -0.1) is 0 Å². The molecule has 0 nitrogen and oxygen atoms in total. The minimum atomic E-state index is -0.346. The molecule has 3 fully saturated rings. The van der Waals surface area contributed by atoms with Crippen molar-refractivity contribution in [1.82, 2.24) is 0 Å². The maximum absolute atomic E-state index is 4.85. The molecule has 7 heteroatoms. The molecule has 0 N–H and O–H groups in total. The SMILES string of the molecule is C1CCC(P(C2CCCCC2)C2CCCCC2)CC1.CC(C)c1cc(C(C)C)cc(C(C)C)c1.[CH2][CH2].[Cl][Ru][Cl].[Cl][Ru][Cl]. The van der Waals surface area contributed by atoms with Crippen LogP contribution in [0.25, 0.3) is 0 Å². The summed E-state index contributed by atoms with van der Waals surface area (Å²) in [5.41, 5.74) is 8.00. The predicted molar refractivity (Wildman–Crippen MR) is 190 cm³/mol. The van der Waals surface area contributed by atoms with Crippen molar-refractivity contribution in [1.29, 1.82) is 0 Å². The summed E-state index contributed by atoms with van der Waals surface area (Å²) in [6, 6.07) is 7.09. The number of rotatable bonds is 6. The zero-order valence-corrected chi connectivity index (χ0v) is 34.8. The summed E-state index contributed by atoms with van der Waals surface area (Å²) in [5.74, 6) is 1.88. The van der Waals surface area contributed by atoms with E-state index in [0.717, 1.165) is 0 Å². The Morgan fingerprint density at radius 3 is 0.857 bits per heavy atom. The van der Waals surface area contributed by atoms with Gasteiger partial charge in [0.15, 0.2) is 0 Å². The molecule has 0 amide bonds. The number of halogens is 4. The molecule has 3 aliphatic rings. The first-order chi connectivity index (χ1) is 20.2. The number of benzene rings is 1. The van der Waals surface area contributed by atoms with E-state index in [2.05, 4.69) is 73.6 Å². The summed E-state index contributed by atoms with van der Waals surface area (Å²) >= 11 is -0.691. The summed E-state index contributed by atoms with van der Waals surface area (Å²) in [6.07, 6.45) is 23.6. The van der Waals surface area contributed by atoms with Gasteiger partial charge in [-0.05, 0) is 89.9 Å². The standard InChI is InChI=1S/C18H33P.C15H24.C2H4.4ClH.2Ru/c1-4-10-16(11-5-1)19(17-12-6-2-7-13-17)18-14-8-3-9-15-18;1-10(2)13-7-14(11(3)4)9-15(8-13)12(5)6;1-2;;;;;;/h16-18H,1-15H2;7-12H,1-6H3;1-2H2;4*1H;;/q;;;;;;;2*+2/p-4. The van der Waals surface area contributed by atoms with Crippen LogP contribution in [-0.2, 0) is 30.3 Å². The van der Waals surface area contributed by atoms with E-state index in [-0.39, 0.29) is 30.3 Å². The first kappa shape index (κ1) is 44.1. The van der Waals surface area contributed by atoms with Crippen molar-refractivity contribution in [3.05, 3.63) is 48.7 Å². The fourth-order valence-electron chi connectivity index (χ4n) is 6.73. The van der Waals surface area contributed by atoms with Crippen molar-refractivity contribution in [2.75, 3.05) is 0 Å². The Bertz CT molecular complexity index is 635. The topological polar surface area (TPSA) is 0 Å². The normalized spacial score (nSPS) is 18.5. The van der Waals surface area contributed by atoms with Crippen LogP contribution >= 0.6 is 46.7 Å². The average Bonchev–Trinajstić information content (AvgIpc) is 3.01. The summed E-state index contributed by atoms with van der Waals surface area (Å²) in [6.45, 7) is 19.6. The third kappa shape index (κ3) is 18.4. The molecule has 3 saturated carbocycles. The van der Waals surface area contributed by atoms with Crippen molar-refractivity contribution in [2.45, 2.75) is 173 Å². The first-order valence-electron chi connectivity index (χ1n) is 16.3. The third-order valence-electron chi connectivity index (χ3n) is 8.99. The van der Waals surface area contributed by atoms with Crippen molar-refractivity contribution in [3.63, 3.8) is 0 Å². The molecule has 1 aromatic rings. The quantitative estimate of drug-likeness (QED) is 0.198. The van der Waals surface area contributed by atoms with Gasteiger partial charge in [-0.25, -0.2) is 0 Å². The van der Waals surface area contributed by atoms with Gasteiger partial charge in [0.1, 0.15) is 0 Å². The van der Waals surface area contributed by atoms with Crippen LogP contribution in [0.4, 0.5) is 0 Å². The summed E-state index contributed by atoms with van der Waals surface area (Å²) < 4.78 is 0. The van der Waals surface area contributed by atoms with E-state index in [1.165, 1.54) is 52.9 Å². The van der Waals surface area contributed by atoms with E-state index in [9.17, 15) is 0 Å². The molecule has 0 bridgehead atoms. The van der Waals surface area contributed by atoms with Crippen LogP contribution in [0.2, 0.25) is 0 Å². The van der Waals surface area contributed by atoms with E-state index in [1.54, 1.807) is 77.0 Å². The fourth-order valence-corrected chi connectivity index (χ4v) is 11.4. The Kier molecular flexibility index (Phi) is 29.5. The van der Waals surface area contributed by atoms with Gasteiger partial charge in [-0.2, -0.15) is 0 Å². The molecule has 0 aromatic heterocycles. The van der Waals surface area contributed by atoms with E-state index >= 15 is 0 Å². The molecule has 42 heavy (non-hydrogen) atoms. The second-order valence-electron chi connectivity index (χ2n) is 12.8. The van der Waals surface area contributed by atoms with Crippen molar-refractivity contribution < 1.29 is 30.3 Å².